The third-order valence-electron chi connectivity index (χ3n) is 5.92. The van der Waals surface area contributed by atoms with Crippen LogP contribution in [0.5, 0.6) is 0 Å². The number of hydrogen-bond donors (Lipinski definition) is 0. The lowest BCUT2D eigenvalue weighted by Gasteiger charge is -2.28. The Kier molecular flexibility index (Phi) is 6.82. The van der Waals surface area contributed by atoms with Gasteiger partial charge in [0.25, 0.3) is 0 Å². The van der Waals surface area contributed by atoms with E-state index in [0.717, 1.165) is 30.0 Å². The quantitative estimate of drug-likeness (QED) is 0.508. The van der Waals surface area contributed by atoms with Gasteiger partial charge in [-0.1, -0.05) is 51.7 Å². The number of benzene rings is 1. The van der Waals surface area contributed by atoms with Gasteiger partial charge in [-0.2, -0.15) is 0 Å². The number of rotatable bonds is 7. The molecular formula is C24H32FN. The number of nitrogens with zero attached hydrogens (tertiary/aromatic N) is 1. The van der Waals surface area contributed by atoms with Crippen LogP contribution in [0.25, 0.3) is 11.3 Å². The van der Waals surface area contributed by atoms with Crippen LogP contribution < -0.4 is 0 Å². The standard InChI is InChI=1S/C24H32FN/c1-3-5-7-18-8-11-20(12-9-18)21-13-15-24(26-17-21)22-14-10-19(6-4-2)16-23(22)25/h10,13-18,20H,3-9,11-12H2,1-2H3/t18-,20-. The molecule has 1 aliphatic carbocycles. The number of aromatic nitrogens is 1. The Morgan fingerprint density at radius 1 is 1.00 bits per heavy atom. The molecule has 0 saturated heterocycles. The van der Waals surface area contributed by atoms with E-state index in [1.807, 2.05) is 24.4 Å². The lowest BCUT2D eigenvalue weighted by molar-refractivity contribution is 0.304. The van der Waals surface area contributed by atoms with Crippen LogP contribution in [0.3, 0.4) is 0 Å². The fraction of sp³-hybridized carbons (Fsp3) is 0.542. The molecule has 0 bridgehead atoms. The van der Waals surface area contributed by atoms with E-state index in [9.17, 15) is 4.39 Å². The predicted molar refractivity (Wildman–Crippen MR) is 108 cm³/mol. The normalized spacial score (nSPS) is 20.3. The van der Waals surface area contributed by atoms with E-state index in [0.29, 0.717) is 11.5 Å². The minimum atomic E-state index is -0.160. The number of pyridine rings is 1. The Morgan fingerprint density at radius 3 is 2.42 bits per heavy atom. The van der Waals surface area contributed by atoms with Crippen LogP contribution in [0.2, 0.25) is 0 Å². The minimum Gasteiger partial charge on any atom is -0.256 e. The molecule has 0 amide bonds. The summed E-state index contributed by atoms with van der Waals surface area (Å²) < 4.78 is 14.4. The molecule has 1 saturated carbocycles. The van der Waals surface area contributed by atoms with E-state index in [1.54, 1.807) is 6.07 Å². The molecule has 140 valence electrons. The zero-order valence-corrected chi connectivity index (χ0v) is 16.3. The van der Waals surface area contributed by atoms with Crippen molar-refractivity contribution < 1.29 is 4.39 Å². The highest BCUT2D eigenvalue weighted by atomic mass is 19.1. The summed E-state index contributed by atoms with van der Waals surface area (Å²) in [6.45, 7) is 4.39. The molecule has 1 aromatic carbocycles. The molecule has 0 unspecified atom stereocenters. The van der Waals surface area contributed by atoms with Gasteiger partial charge in [-0.3, -0.25) is 4.98 Å². The van der Waals surface area contributed by atoms with Crippen LogP contribution in [0, 0.1) is 11.7 Å². The molecule has 0 atom stereocenters. The number of hydrogen-bond acceptors (Lipinski definition) is 1. The largest absolute Gasteiger partial charge is 0.256 e. The summed E-state index contributed by atoms with van der Waals surface area (Å²) in [6.07, 6.45) is 13.2. The summed E-state index contributed by atoms with van der Waals surface area (Å²) in [6, 6.07) is 9.72. The van der Waals surface area contributed by atoms with Gasteiger partial charge in [-0.05, 0) is 73.3 Å². The van der Waals surface area contributed by atoms with Crippen LogP contribution in [0.1, 0.15) is 82.3 Å². The smallest absolute Gasteiger partial charge is 0.132 e. The van der Waals surface area contributed by atoms with Crippen molar-refractivity contribution >= 4 is 0 Å². The zero-order chi connectivity index (χ0) is 18.4. The van der Waals surface area contributed by atoms with E-state index < -0.39 is 0 Å². The van der Waals surface area contributed by atoms with Crippen LogP contribution in [-0.2, 0) is 6.42 Å². The maximum atomic E-state index is 14.4. The van der Waals surface area contributed by atoms with Crippen molar-refractivity contribution in [3.05, 3.63) is 53.5 Å². The van der Waals surface area contributed by atoms with Crippen molar-refractivity contribution in [3.8, 4) is 11.3 Å². The summed E-state index contributed by atoms with van der Waals surface area (Å²) in [7, 11) is 0. The molecule has 1 nitrogen and oxygen atoms in total. The highest BCUT2D eigenvalue weighted by molar-refractivity contribution is 5.60. The fourth-order valence-corrected chi connectivity index (χ4v) is 4.29. The van der Waals surface area contributed by atoms with Crippen molar-refractivity contribution in [1.29, 1.82) is 0 Å². The first-order valence-corrected chi connectivity index (χ1v) is 10.5. The Bertz CT molecular complexity index is 684. The van der Waals surface area contributed by atoms with Crippen LogP contribution in [-0.4, -0.2) is 4.98 Å². The first-order valence-electron chi connectivity index (χ1n) is 10.5. The van der Waals surface area contributed by atoms with Crippen molar-refractivity contribution in [2.75, 3.05) is 0 Å². The average molecular weight is 354 g/mol. The fourth-order valence-electron chi connectivity index (χ4n) is 4.29. The van der Waals surface area contributed by atoms with Crippen LogP contribution in [0.4, 0.5) is 4.39 Å². The van der Waals surface area contributed by atoms with Crippen molar-refractivity contribution in [2.45, 2.75) is 77.6 Å². The molecule has 0 spiro atoms. The van der Waals surface area contributed by atoms with Crippen molar-refractivity contribution in [2.24, 2.45) is 5.92 Å². The Morgan fingerprint density at radius 2 is 1.81 bits per heavy atom. The molecule has 1 aliphatic rings. The Hall–Kier alpha value is -1.70. The summed E-state index contributed by atoms with van der Waals surface area (Å²) in [5.41, 5.74) is 3.74. The van der Waals surface area contributed by atoms with Crippen LogP contribution >= 0.6 is 0 Å². The van der Waals surface area contributed by atoms with Gasteiger partial charge < -0.3 is 0 Å². The molecular weight excluding hydrogens is 321 g/mol. The zero-order valence-electron chi connectivity index (χ0n) is 16.3. The second-order valence-electron chi connectivity index (χ2n) is 7.90. The van der Waals surface area contributed by atoms with Gasteiger partial charge >= 0.3 is 0 Å². The number of unbranched alkanes of at least 4 members (excludes halogenated alkanes) is 1. The average Bonchev–Trinajstić information content (AvgIpc) is 2.67. The molecule has 1 fully saturated rings. The van der Waals surface area contributed by atoms with E-state index in [1.165, 1.54) is 50.5 Å². The van der Waals surface area contributed by atoms with Crippen LogP contribution in [0.15, 0.2) is 36.5 Å². The molecule has 0 aliphatic heterocycles. The molecule has 2 heteroatoms. The second-order valence-corrected chi connectivity index (χ2v) is 7.90. The van der Waals surface area contributed by atoms with Gasteiger partial charge in [0, 0.05) is 11.8 Å². The van der Waals surface area contributed by atoms with Gasteiger partial charge in [-0.25, -0.2) is 4.39 Å². The van der Waals surface area contributed by atoms with E-state index in [4.69, 9.17) is 0 Å². The first-order chi connectivity index (χ1) is 12.7. The SMILES string of the molecule is CCCC[C@H]1CC[C@H](c2ccc(-c3ccc(CCC)cc3F)nc2)CC1. The lowest BCUT2D eigenvalue weighted by Crippen LogP contribution is -2.13. The van der Waals surface area contributed by atoms with Gasteiger partial charge in [0.2, 0.25) is 0 Å². The minimum absolute atomic E-state index is 0.160. The first kappa shape index (κ1) is 19.1. The van der Waals surface area contributed by atoms with E-state index in [2.05, 4.69) is 24.9 Å². The third-order valence-corrected chi connectivity index (χ3v) is 5.92. The topological polar surface area (TPSA) is 12.9 Å². The molecule has 1 heterocycles. The Labute approximate surface area is 158 Å². The highest BCUT2D eigenvalue weighted by Gasteiger charge is 2.22. The predicted octanol–water partition coefficient (Wildman–Crippen LogP) is 7.30. The Balaban J connectivity index is 1.64. The summed E-state index contributed by atoms with van der Waals surface area (Å²) in [5, 5.41) is 0. The number of aryl methyl sites for hydroxylation is 1. The third kappa shape index (κ3) is 4.72. The van der Waals surface area contributed by atoms with E-state index in [-0.39, 0.29) is 5.82 Å². The summed E-state index contributed by atoms with van der Waals surface area (Å²) in [5.74, 6) is 1.40. The molecule has 26 heavy (non-hydrogen) atoms. The van der Waals surface area contributed by atoms with E-state index >= 15 is 0 Å². The maximum Gasteiger partial charge on any atom is 0.132 e. The number of halogens is 1. The van der Waals surface area contributed by atoms with Crippen molar-refractivity contribution in [1.82, 2.24) is 4.98 Å². The molecule has 1 aromatic heterocycles. The highest BCUT2D eigenvalue weighted by Crippen LogP contribution is 2.37. The molecule has 0 radical (unpaired) electrons. The molecule has 0 N–H and O–H groups in total. The summed E-state index contributed by atoms with van der Waals surface area (Å²) >= 11 is 0. The maximum absolute atomic E-state index is 14.4. The lowest BCUT2D eigenvalue weighted by atomic mass is 9.77. The van der Waals surface area contributed by atoms with Gasteiger partial charge in [0.15, 0.2) is 0 Å². The monoisotopic (exact) mass is 353 g/mol. The second kappa shape index (κ2) is 9.30. The summed E-state index contributed by atoms with van der Waals surface area (Å²) in [4.78, 5) is 4.59. The van der Waals surface area contributed by atoms with Gasteiger partial charge in [-0.15, -0.1) is 0 Å². The molecule has 3 rings (SSSR count). The van der Waals surface area contributed by atoms with Crippen molar-refractivity contribution in [3.63, 3.8) is 0 Å². The molecule has 2 aromatic rings. The van der Waals surface area contributed by atoms with Gasteiger partial charge in [0.05, 0.1) is 5.69 Å². The van der Waals surface area contributed by atoms with Gasteiger partial charge in [0.1, 0.15) is 5.82 Å².